The number of pyridine rings is 1. The SMILES string of the molecule is CCn1nc(-c2ccc(C(c3ccc(OCc4ccccn4)cc3)C(C)(C)C)cc2)oc1=O. The molecule has 4 rings (SSSR count). The van der Waals surface area contributed by atoms with E-state index in [2.05, 4.69) is 55.1 Å². The van der Waals surface area contributed by atoms with Gasteiger partial charge in [0.25, 0.3) is 0 Å². The molecule has 0 fully saturated rings. The Hall–Kier alpha value is -3.67. The summed E-state index contributed by atoms with van der Waals surface area (Å²) in [4.78, 5) is 16.1. The third-order valence-corrected chi connectivity index (χ3v) is 5.59. The monoisotopic (exact) mass is 443 g/mol. The summed E-state index contributed by atoms with van der Waals surface area (Å²) >= 11 is 0. The fourth-order valence-electron chi connectivity index (χ4n) is 4.03. The van der Waals surface area contributed by atoms with Gasteiger partial charge in [-0.3, -0.25) is 4.98 Å². The van der Waals surface area contributed by atoms with Crippen LogP contribution in [-0.2, 0) is 13.2 Å². The third-order valence-electron chi connectivity index (χ3n) is 5.59. The summed E-state index contributed by atoms with van der Waals surface area (Å²) in [7, 11) is 0. The van der Waals surface area contributed by atoms with Crippen LogP contribution in [0.25, 0.3) is 11.5 Å². The second kappa shape index (κ2) is 9.45. The third kappa shape index (κ3) is 5.22. The van der Waals surface area contributed by atoms with E-state index in [0.29, 0.717) is 19.0 Å². The van der Waals surface area contributed by atoms with Gasteiger partial charge in [-0.1, -0.05) is 51.1 Å². The zero-order chi connectivity index (χ0) is 23.4. The molecule has 170 valence electrons. The van der Waals surface area contributed by atoms with E-state index in [1.807, 2.05) is 49.4 Å². The van der Waals surface area contributed by atoms with Crippen molar-refractivity contribution in [1.82, 2.24) is 14.8 Å². The number of hydrogen-bond donors (Lipinski definition) is 0. The fraction of sp³-hybridized carbons (Fsp3) is 0.296. The van der Waals surface area contributed by atoms with Crippen LogP contribution < -0.4 is 10.5 Å². The summed E-state index contributed by atoms with van der Waals surface area (Å²) < 4.78 is 12.5. The van der Waals surface area contributed by atoms with Gasteiger partial charge in [-0.15, -0.1) is 5.10 Å². The Morgan fingerprint density at radius 2 is 1.64 bits per heavy atom. The number of benzene rings is 2. The normalized spacial score (nSPS) is 12.5. The van der Waals surface area contributed by atoms with Crippen LogP contribution in [0.3, 0.4) is 0 Å². The molecule has 0 saturated carbocycles. The molecule has 0 aliphatic rings. The smallest absolute Gasteiger partial charge is 0.437 e. The summed E-state index contributed by atoms with van der Waals surface area (Å²) in [6.07, 6.45) is 1.77. The summed E-state index contributed by atoms with van der Waals surface area (Å²) in [5.41, 5.74) is 4.07. The standard InChI is InChI=1S/C27H29N3O3/c1-5-30-26(31)33-25(29-30)21-11-9-19(10-12-21)24(27(2,3)4)20-13-15-23(16-14-20)32-18-22-8-6-7-17-28-22/h6-17,24H,5,18H2,1-4H3. The van der Waals surface area contributed by atoms with E-state index in [-0.39, 0.29) is 11.3 Å². The van der Waals surface area contributed by atoms with Crippen LogP contribution in [-0.4, -0.2) is 14.8 Å². The molecule has 6 heteroatoms. The van der Waals surface area contributed by atoms with Crippen molar-refractivity contribution < 1.29 is 9.15 Å². The zero-order valence-corrected chi connectivity index (χ0v) is 19.5. The predicted molar refractivity (Wildman–Crippen MR) is 128 cm³/mol. The van der Waals surface area contributed by atoms with Crippen molar-refractivity contribution in [1.29, 1.82) is 0 Å². The Bertz CT molecular complexity index is 1240. The Balaban J connectivity index is 1.55. The van der Waals surface area contributed by atoms with Gasteiger partial charge in [-0.2, -0.15) is 4.68 Å². The molecule has 1 atom stereocenters. The van der Waals surface area contributed by atoms with Crippen LogP contribution in [0.1, 0.15) is 50.4 Å². The Morgan fingerprint density at radius 3 is 2.18 bits per heavy atom. The number of rotatable bonds is 7. The molecule has 2 aromatic carbocycles. The lowest BCUT2D eigenvalue weighted by Crippen LogP contribution is -2.19. The van der Waals surface area contributed by atoms with Gasteiger partial charge in [-0.05, 0) is 59.9 Å². The van der Waals surface area contributed by atoms with Gasteiger partial charge < -0.3 is 9.15 Å². The predicted octanol–water partition coefficient (Wildman–Crippen LogP) is 5.68. The van der Waals surface area contributed by atoms with Crippen molar-refractivity contribution in [2.24, 2.45) is 5.41 Å². The Labute approximate surface area is 193 Å². The van der Waals surface area contributed by atoms with Gasteiger partial charge in [0.1, 0.15) is 12.4 Å². The minimum absolute atomic E-state index is 0.00575. The molecule has 2 heterocycles. The molecule has 0 radical (unpaired) electrons. The first-order valence-corrected chi connectivity index (χ1v) is 11.2. The summed E-state index contributed by atoms with van der Waals surface area (Å²) in [6.45, 7) is 9.49. The second-order valence-corrected chi connectivity index (χ2v) is 9.09. The maximum atomic E-state index is 11.8. The van der Waals surface area contributed by atoms with Crippen LogP contribution in [0.2, 0.25) is 0 Å². The summed E-state index contributed by atoms with van der Waals surface area (Å²) in [5, 5.41) is 4.25. The summed E-state index contributed by atoms with van der Waals surface area (Å²) in [5.74, 6) is 0.898. The van der Waals surface area contributed by atoms with Gasteiger partial charge >= 0.3 is 5.76 Å². The first-order valence-electron chi connectivity index (χ1n) is 11.2. The molecule has 0 bridgehead atoms. The number of aryl methyl sites for hydroxylation is 1. The molecule has 0 aliphatic carbocycles. The largest absolute Gasteiger partial charge is 0.487 e. The molecule has 0 amide bonds. The molecule has 0 N–H and O–H groups in total. The van der Waals surface area contributed by atoms with Gasteiger partial charge in [0, 0.05) is 24.2 Å². The van der Waals surface area contributed by atoms with E-state index >= 15 is 0 Å². The quantitative estimate of drug-likeness (QED) is 0.368. The molecule has 0 saturated heterocycles. The van der Waals surface area contributed by atoms with E-state index in [9.17, 15) is 4.79 Å². The highest BCUT2D eigenvalue weighted by Gasteiger charge is 2.28. The lowest BCUT2D eigenvalue weighted by Gasteiger charge is -2.32. The number of aromatic nitrogens is 3. The maximum Gasteiger partial charge on any atom is 0.437 e. The van der Waals surface area contributed by atoms with Crippen molar-refractivity contribution in [3.8, 4) is 17.2 Å². The van der Waals surface area contributed by atoms with Gasteiger partial charge in [0.15, 0.2) is 0 Å². The fourth-order valence-corrected chi connectivity index (χ4v) is 4.03. The number of nitrogens with zero attached hydrogens (tertiary/aromatic N) is 3. The number of hydrogen-bond acceptors (Lipinski definition) is 5. The molecule has 1 unspecified atom stereocenters. The first kappa shape index (κ1) is 22.5. The molecule has 33 heavy (non-hydrogen) atoms. The highest BCUT2D eigenvalue weighted by Crippen LogP contribution is 2.41. The van der Waals surface area contributed by atoms with Crippen molar-refractivity contribution in [3.63, 3.8) is 0 Å². The van der Waals surface area contributed by atoms with Crippen molar-refractivity contribution >= 4 is 0 Å². The van der Waals surface area contributed by atoms with Gasteiger partial charge in [0.2, 0.25) is 5.89 Å². The lowest BCUT2D eigenvalue weighted by molar-refractivity contribution is 0.301. The minimum Gasteiger partial charge on any atom is -0.487 e. The van der Waals surface area contributed by atoms with E-state index < -0.39 is 5.76 Å². The Kier molecular flexibility index (Phi) is 6.45. The van der Waals surface area contributed by atoms with E-state index in [4.69, 9.17) is 9.15 Å². The van der Waals surface area contributed by atoms with Crippen LogP contribution in [0.15, 0.2) is 82.1 Å². The molecule has 4 aromatic rings. The van der Waals surface area contributed by atoms with Crippen molar-refractivity contribution in [3.05, 3.63) is 100 Å². The number of ether oxygens (including phenoxy) is 1. The molecular formula is C27H29N3O3. The molecular weight excluding hydrogens is 414 g/mol. The molecule has 0 aliphatic heterocycles. The first-order chi connectivity index (χ1) is 15.8. The zero-order valence-electron chi connectivity index (χ0n) is 19.5. The average molecular weight is 444 g/mol. The van der Waals surface area contributed by atoms with Gasteiger partial charge in [0.05, 0.1) is 5.69 Å². The van der Waals surface area contributed by atoms with Crippen LogP contribution in [0.5, 0.6) is 5.75 Å². The molecule has 2 aromatic heterocycles. The average Bonchev–Trinajstić information content (AvgIpc) is 3.19. The van der Waals surface area contributed by atoms with Crippen LogP contribution in [0, 0.1) is 5.41 Å². The van der Waals surface area contributed by atoms with E-state index in [1.165, 1.54) is 15.8 Å². The highest BCUT2D eigenvalue weighted by atomic mass is 16.5. The van der Waals surface area contributed by atoms with Crippen LogP contribution >= 0.6 is 0 Å². The maximum absolute atomic E-state index is 11.8. The van der Waals surface area contributed by atoms with Gasteiger partial charge in [-0.25, -0.2) is 4.79 Å². The second-order valence-electron chi connectivity index (χ2n) is 9.09. The molecule has 6 nitrogen and oxygen atoms in total. The van der Waals surface area contributed by atoms with E-state index in [1.54, 1.807) is 6.20 Å². The Morgan fingerprint density at radius 1 is 0.970 bits per heavy atom. The summed E-state index contributed by atoms with van der Waals surface area (Å²) in [6, 6.07) is 22.2. The van der Waals surface area contributed by atoms with E-state index in [0.717, 1.165) is 17.0 Å². The van der Waals surface area contributed by atoms with Crippen LogP contribution in [0.4, 0.5) is 0 Å². The van der Waals surface area contributed by atoms with Crippen molar-refractivity contribution in [2.45, 2.75) is 46.8 Å². The topological polar surface area (TPSA) is 70.2 Å². The minimum atomic E-state index is -0.436. The lowest BCUT2D eigenvalue weighted by atomic mass is 9.72. The molecule has 0 spiro atoms. The van der Waals surface area contributed by atoms with Crippen molar-refractivity contribution in [2.75, 3.05) is 0 Å². The highest BCUT2D eigenvalue weighted by molar-refractivity contribution is 5.54.